The van der Waals surface area contributed by atoms with Gasteiger partial charge in [0.25, 0.3) is 0 Å². The number of halogens is 1. The molecule has 4 nitrogen and oxygen atoms in total. The molecule has 84 valence electrons. The molecule has 1 amide bonds. The first-order valence-electron chi connectivity index (χ1n) is 4.98. The quantitative estimate of drug-likeness (QED) is 0.624. The summed E-state index contributed by atoms with van der Waals surface area (Å²) in [6.45, 7) is 0. The van der Waals surface area contributed by atoms with E-state index >= 15 is 0 Å². The Labute approximate surface area is 97.9 Å². The van der Waals surface area contributed by atoms with E-state index in [1.54, 1.807) is 12.1 Å². The fourth-order valence-electron chi connectivity index (χ4n) is 1.23. The van der Waals surface area contributed by atoms with E-state index in [0.29, 0.717) is 10.6 Å². The van der Waals surface area contributed by atoms with E-state index in [0.717, 1.165) is 12.8 Å². The van der Waals surface area contributed by atoms with Crippen LogP contribution in [0.4, 0.5) is 0 Å². The normalized spacial score (nSPS) is 15.3. The van der Waals surface area contributed by atoms with Gasteiger partial charge in [-0.05, 0) is 31.0 Å². The van der Waals surface area contributed by atoms with Crippen molar-refractivity contribution >= 4 is 23.7 Å². The van der Waals surface area contributed by atoms with Gasteiger partial charge in [0.1, 0.15) is 5.75 Å². The fraction of sp³-hybridized carbons (Fsp3) is 0.273. The maximum Gasteiger partial charge on any atom is 0.243 e. The number of hydrogen-bond donors (Lipinski definition) is 2. The van der Waals surface area contributed by atoms with Crippen molar-refractivity contribution in [2.24, 2.45) is 11.0 Å². The van der Waals surface area contributed by atoms with E-state index in [2.05, 4.69) is 10.5 Å². The summed E-state index contributed by atoms with van der Waals surface area (Å²) in [7, 11) is 0. The number of rotatable bonds is 3. The number of carbonyl (C=O) groups is 1. The highest BCUT2D eigenvalue weighted by molar-refractivity contribution is 6.30. The zero-order valence-electron chi connectivity index (χ0n) is 8.48. The van der Waals surface area contributed by atoms with Crippen LogP contribution in [0.25, 0.3) is 0 Å². The third kappa shape index (κ3) is 2.73. The van der Waals surface area contributed by atoms with Crippen molar-refractivity contribution in [3.63, 3.8) is 0 Å². The van der Waals surface area contributed by atoms with Crippen molar-refractivity contribution < 1.29 is 9.90 Å². The molecule has 0 unspecified atom stereocenters. The van der Waals surface area contributed by atoms with Crippen LogP contribution in [-0.4, -0.2) is 17.2 Å². The van der Waals surface area contributed by atoms with Crippen LogP contribution in [0.2, 0.25) is 5.02 Å². The molecule has 0 bridgehead atoms. The van der Waals surface area contributed by atoms with Crippen molar-refractivity contribution in [1.82, 2.24) is 5.43 Å². The first kappa shape index (κ1) is 11.0. The number of amides is 1. The Morgan fingerprint density at radius 2 is 2.31 bits per heavy atom. The average molecular weight is 239 g/mol. The Hall–Kier alpha value is -1.55. The molecule has 1 fully saturated rings. The zero-order chi connectivity index (χ0) is 11.5. The van der Waals surface area contributed by atoms with E-state index in [9.17, 15) is 9.90 Å². The lowest BCUT2D eigenvalue weighted by atomic mass is 10.2. The molecule has 16 heavy (non-hydrogen) atoms. The lowest BCUT2D eigenvalue weighted by molar-refractivity contribution is -0.122. The van der Waals surface area contributed by atoms with Gasteiger partial charge in [-0.15, -0.1) is 0 Å². The van der Waals surface area contributed by atoms with E-state index in [-0.39, 0.29) is 17.6 Å². The highest BCUT2D eigenvalue weighted by Gasteiger charge is 2.29. The van der Waals surface area contributed by atoms with Gasteiger partial charge in [-0.2, -0.15) is 5.10 Å². The number of nitrogens with one attached hydrogen (secondary N) is 1. The second kappa shape index (κ2) is 4.53. The molecule has 0 aromatic heterocycles. The first-order chi connectivity index (χ1) is 7.66. The monoisotopic (exact) mass is 238 g/mol. The molecule has 1 saturated carbocycles. The largest absolute Gasteiger partial charge is 0.507 e. The van der Waals surface area contributed by atoms with Gasteiger partial charge < -0.3 is 5.11 Å². The predicted octanol–water partition coefficient (Wildman–Crippen LogP) is 1.91. The van der Waals surface area contributed by atoms with Gasteiger partial charge in [0, 0.05) is 16.5 Å². The molecule has 5 heteroatoms. The van der Waals surface area contributed by atoms with Crippen LogP contribution >= 0.6 is 11.6 Å². The Kier molecular flexibility index (Phi) is 3.10. The molecule has 0 spiro atoms. The highest BCUT2D eigenvalue weighted by Crippen LogP contribution is 2.28. The minimum Gasteiger partial charge on any atom is -0.507 e. The standard InChI is InChI=1S/C11H11ClN2O2/c12-9-3-4-10(15)8(5-9)6-13-14-11(16)7-1-2-7/h3-7,15H,1-2H2,(H,14,16)/b13-6+. The van der Waals surface area contributed by atoms with Crippen LogP contribution < -0.4 is 5.43 Å². The van der Waals surface area contributed by atoms with Gasteiger partial charge >= 0.3 is 0 Å². The summed E-state index contributed by atoms with van der Waals surface area (Å²) >= 11 is 5.76. The molecule has 0 heterocycles. The molecule has 2 rings (SSSR count). The van der Waals surface area contributed by atoms with E-state index in [1.165, 1.54) is 12.3 Å². The third-order valence-electron chi connectivity index (χ3n) is 2.32. The minimum absolute atomic E-state index is 0.0715. The number of benzene rings is 1. The van der Waals surface area contributed by atoms with Gasteiger partial charge in [-0.3, -0.25) is 4.79 Å². The summed E-state index contributed by atoms with van der Waals surface area (Å²) in [5, 5.41) is 13.7. The second-order valence-corrected chi connectivity index (χ2v) is 4.15. The van der Waals surface area contributed by atoms with Gasteiger partial charge in [0.2, 0.25) is 5.91 Å². The number of nitrogens with zero attached hydrogens (tertiary/aromatic N) is 1. The second-order valence-electron chi connectivity index (χ2n) is 3.71. The number of hydrazone groups is 1. The predicted molar refractivity (Wildman–Crippen MR) is 61.6 cm³/mol. The summed E-state index contributed by atoms with van der Waals surface area (Å²) in [5.41, 5.74) is 2.89. The number of phenolic OH excluding ortho intramolecular Hbond substituents is 1. The Balaban J connectivity index is 1.99. The molecule has 0 saturated heterocycles. The Morgan fingerprint density at radius 1 is 1.56 bits per heavy atom. The highest BCUT2D eigenvalue weighted by atomic mass is 35.5. The summed E-state index contributed by atoms with van der Waals surface area (Å²) < 4.78 is 0. The van der Waals surface area contributed by atoms with Crippen molar-refractivity contribution in [2.45, 2.75) is 12.8 Å². The maximum atomic E-state index is 11.2. The van der Waals surface area contributed by atoms with E-state index < -0.39 is 0 Å². The molecule has 1 aliphatic carbocycles. The SMILES string of the molecule is O=C(N/N=C/c1cc(Cl)ccc1O)C1CC1. The molecule has 1 aromatic carbocycles. The summed E-state index contributed by atoms with van der Waals surface area (Å²) in [6.07, 6.45) is 3.25. The van der Waals surface area contributed by atoms with Crippen molar-refractivity contribution in [3.05, 3.63) is 28.8 Å². The molecular weight excluding hydrogens is 228 g/mol. The van der Waals surface area contributed by atoms with Crippen LogP contribution in [0.5, 0.6) is 5.75 Å². The van der Waals surface area contributed by atoms with Gasteiger partial charge in [0.05, 0.1) is 6.21 Å². The molecular formula is C11H11ClN2O2. The smallest absolute Gasteiger partial charge is 0.243 e. The maximum absolute atomic E-state index is 11.2. The van der Waals surface area contributed by atoms with Crippen LogP contribution in [0.3, 0.4) is 0 Å². The van der Waals surface area contributed by atoms with Gasteiger partial charge in [-0.1, -0.05) is 11.6 Å². The van der Waals surface area contributed by atoms with Crippen LogP contribution in [0.1, 0.15) is 18.4 Å². The molecule has 1 aliphatic rings. The molecule has 2 N–H and O–H groups in total. The number of carbonyl (C=O) groups excluding carboxylic acids is 1. The van der Waals surface area contributed by atoms with Crippen molar-refractivity contribution in [1.29, 1.82) is 0 Å². The van der Waals surface area contributed by atoms with Crippen LogP contribution in [0, 0.1) is 5.92 Å². The number of hydrogen-bond acceptors (Lipinski definition) is 3. The van der Waals surface area contributed by atoms with Crippen LogP contribution in [-0.2, 0) is 4.79 Å². The fourth-order valence-corrected chi connectivity index (χ4v) is 1.41. The lowest BCUT2D eigenvalue weighted by Crippen LogP contribution is -2.18. The summed E-state index contributed by atoms with van der Waals surface area (Å²) in [4.78, 5) is 11.2. The van der Waals surface area contributed by atoms with Gasteiger partial charge in [0.15, 0.2) is 0 Å². The molecule has 0 radical (unpaired) electrons. The van der Waals surface area contributed by atoms with Gasteiger partial charge in [-0.25, -0.2) is 5.43 Å². The van der Waals surface area contributed by atoms with Crippen LogP contribution in [0.15, 0.2) is 23.3 Å². The summed E-state index contributed by atoms with van der Waals surface area (Å²) in [5.74, 6) is 0.122. The Bertz CT molecular complexity index is 442. The van der Waals surface area contributed by atoms with E-state index in [1.807, 2.05) is 0 Å². The average Bonchev–Trinajstić information content (AvgIpc) is 3.06. The van der Waals surface area contributed by atoms with Crippen molar-refractivity contribution in [3.8, 4) is 5.75 Å². The lowest BCUT2D eigenvalue weighted by Gasteiger charge is -1.99. The summed E-state index contributed by atoms with van der Waals surface area (Å²) in [6, 6.07) is 4.63. The van der Waals surface area contributed by atoms with Crippen molar-refractivity contribution in [2.75, 3.05) is 0 Å². The number of phenols is 1. The topological polar surface area (TPSA) is 61.7 Å². The first-order valence-corrected chi connectivity index (χ1v) is 5.36. The minimum atomic E-state index is -0.0715. The zero-order valence-corrected chi connectivity index (χ0v) is 9.24. The molecule has 1 aromatic rings. The Morgan fingerprint density at radius 3 is 3.00 bits per heavy atom. The third-order valence-corrected chi connectivity index (χ3v) is 2.55. The molecule has 0 atom stereocenters. The molecule has 0 aliphatic heterocycles. The number of aromatic hydroxyl groups is 1. The van der Waals surface area contributed by atoms with E-state index in [4.69, 9.17) is 11.6 Å².